The van der Waals surface area contributed by atoms with Gasteiger partial charge in [-0.05, 0) is 6.42 Å². The topological polar surface area (TPSA) is 31.2 Å². The monoisotopic (exact) mass is 156 g/mol. The fourth-order valence-electron chi connectivity index (χ4n) is 0.854. The van der Waals surface area contributed by atoms with Gasteiger partial charge in [-0.1, -0.05) is 33.1 Å². The predicted octanol–water partition coefficient (Wildman–Crippen LogP) is 2.11. The third kappa shape index (κ3) is 7.37. The van der Waals surface area contributed by atoms with Crippen LogP contribution < -0.4 is 5.32 Å². The van der Waals surface area contributed by atoms with Crippen LogP contribution in [0.1, 0.15) is 46.0 Å². The summed E-state index contributed by atoms with van der Waals surface area (Å²) in [5.74, 6) is 0.0431. The number of unbranched alkanes of at least 4 members (excludes halogenated alkanes) is 3. The molecule has 0 rings (SSSR count). The predicted molar refractivity (Wildman–Crippen MR) is 46.4 cm³/mol. The van der Waals surface area contributed by atoms with Crippen molar-refractivity contribution in [2.24, 2.45) is 0 Å². The van der Waals surface area contributed by atoms with Gasteiger partial charge in [0, 0.05) is 13.0 Å². The van der Waals surface area contributed by atoms with Crippen molar-refractivity contribution in [2.45, 2.75) is 46.0 Å². The van der Waals surface area contributed by atoms with Crippen molar-refractivity contribution >= 4 is 5.91 Å². The molecular weight excluding hydrogens is 138 g/mol. The first-order chi connectivity index (χ1) is 5.31. The number of carbonyl (C=O) groups excluding carboxylic acids is 1. The second-order valence-corrected chi connectivity index (χ2v) is 2.69. The standard InChI is InChI=1S/C9H18NO/c1-3-5-6-7-8-10-9(11)4-2/h3-8H2,1-2H3. The summed E-state index contributed by atoms with van der Waals surface area (Å²) in [7, 11) is 0. The zero-order chi connectivity index (χ0) is 8.53. The minimum absolute atomic E-state index is 0.0431. The molecule has 0 saturated carbocycles. The Hall–Kier alpha value is -0.530. The van der Waals surface area contributed by atoms with Gasteiger partial charge in [0.15, 0.2) is 0 Å². The summed E-state index contributed by atoms with van der Waals surface area (Å²) in [5.41, 5.74) is 0. The summed E-state index contributed by atoms with van der Waals surface area (Å²) in [6, 6.07) is 0. The van der Waals surface area contributed by atoms with E-state index >= 15 is 0 Å². The minimum Gasteiger partial charge on any atom is -0.273 e. The highest BCUT2D eigenvalue weighted by molar-refractivity contribution is 5.75. The molecule has 0 bridgehead atoms. The molecule has 1 radical (unpaired) electrons. The normalized spacial score (nSPS) is 9.64. The van der Waals surface area contributed by atoms with Crippen LogP contribution in [0.5, 0.6) is 0 Å². The highest BCUT2D eigenvalue weighted by Gasteiger charge is 1.96. The second-order valence-electron chi connectivity index (χ2n) is 2.69. The molecule has 0 saturated heterocycles. The van der Waals surface area contributed by atoms with Crippen LogP contribution in [0.2, 0.25) is 0 Å². The number of hydrogen-bond donors (Lipinski definition) is 0. The van der Waals surface area contributed by atoms with E-state index in [1.807, 2.05) is 6.92 Å². The Balaban J connectivity index is 2.95. The Morgan fingerprint density at radius 2 is 1.91 bits per heavy atom. The van der Waals surface area contributed by atoms with E-state index in [9.17, 15) is 4.79 Å². The van der Waals surface area contributed by atoms with Crippen LogP contribution in [0.4, 0.5) is 0 Å². The van der Waals surface area contributed by atoms with Gasteiger partial charge < -0.3 is 0 Å². The zero-order valence-electron chi connectivity index (χ0n) is 7.60. The van der Waals surface area contributed by atoms with E-state index in [-0.39, 0.29) is 5.91 Å². The van der Waals surface area contributed by atoms with Crippen LogP contribution >= 0.6 is 0 Å². The molecule has 0 aromatic heterocycles. The molecule has 0 unspecified atom stereocenters. The summed E-state index contributed by atoms with van der Waals surface area (Å²) in [5, 5.41) is 3.88. The Morgan fingerprint density at radius 1 is 1.18 bits per heavy atom. The summed E-state index contributed by atoms with van der Waals surface area (Å²) in [6.45, 7) is 4.75. The molecule has 0 aliphatic heterocycles. The Labute approximate surface area is 69.4 Å². The van der Waals surface area contributed by atoms with Gasteiger partial charge in [0.2, 0.25) is 5.91 Å². The molecule has 0 spiro atoms. The van der Waals surface area contributed by atoms with Crippen LogP contribution in [0.15, 0.2) is 0 Å². The number of nitrogens with zero attached hydrogens (tertiary/aromatic N) is 1. The first-order valence-corrected chi connectivity index (χ1v) is 4.51. The van der Waals surface area contributed by atoms with Crippen LogP contribution in [0, 0.1) is 0 Å². The molecule has 0 atom stereocenters. The number of carbonyl (C=O) groups is 1. The molecule has 11 heavy (non-hydrogen) atoms. The molecule has 0 aliphatic carbocycles. The van der Waals surface area contributed by atoms with Crippen molar-refractivity contribution in [3.8, 4) is 0 Å². The van der Waals surface area contributed by atoms with Crippen molar-refractivity contribution in [1.82, 2.24) is 5.32 Å². The van der Waals surface area contributed by atoms with Gasteiger partial charge in [0.25, 0.3) is 0 Å². The lowest BCUT2D eigenvalue weighted by Gasteiger charge is -1.98. The average Bonchev–Trinajstić information content (AvgIpc) is 2.04. The molecule has 0 aromatic rings. The Kier molecular flexibility index (Phi) is 7.21. The number of hydrogen-bond acceptors (Lipinski definition) is 1. The Morgan fingerprint density at radius 3 is 2.45 bits per heavy atom. The van der Waals surface area contributed by atoms with E-state index in [1.54, 1.807) is 0 Å². The maximum Gasteiger partial charge on any atom is 0.240 e. The molecule has 1 amide bonds. The quantitative estimate of drug-likeness (QED) is 0.542. The molecule has 2 nitrogen and oxygen atoms in total. The highest BCUT2D eigenvalue weighted by Crippen LogP contribution is 1.97. The lowest BCUT2D eigenvalue weighted by Crippen LogP contribution is -2.14. The lowest BCUT2D eigenvalue weighted by molar-refractivity contribution is -0.121. The minimum atomic E-state index is 0.0431. The fraction of sp³-hybridized carbons (Fsp3) is 0.889. The van der Waals surface area contributed by atoms with Gasteiger partial charge >= 0.3 is 0 Å². The van der Waals surface area contributed by atoms with Crippen LogP contribution in [0.25, 0.3) is 0 Å². The SMILES string of the molecule is CCCCCC[N]C(=O)CC. The molecule has 0 aromatic carbocycles. The van der Waals surface area contributed by atoms with E-state index in [0.717, 1.165) is 13.0 Å². The average molecular weight is 156 g/mol. The lowest BCUT2D eigenvalue weighted by atomic mass is 10.2. The van der Waals surface area contributed by atoms with Crippen molar-refractivity contribution < 1.29 is 4.79 Å². The van der Waals surface area contributed by atoms with Crippen molar-refractivity contribution in [3.05, 3.63) is 0 Å². The van der Waals surface area contributed by atoms with Gasteiger partial charge in [0.05, 0.1) is 0 Å². The van der Waals surface area contributed by atoms with E-state index in [0.29, 0.717) is 6.42 Å². The van der Waals surface area contributed by atoms with E-state index in [1.165, 1.54) is 19.3 Å². The molecule has 0 heterocycles. The number of amides is 1. The van der Waals surface area contributed by atoms with Gasteiger partial charge in [0.1, 0.15) is 0 Å². The van der Waals surface area contributed by atoms with Crippen molar-refractivity contribution in [2.75, 3.05) is 6.54 Å². The molecule has 0 fully saturated rings. The first kappa shape index (κ1) is 10.5. The molecule has 2 heteroatoms. The third-order valence-corrected chi connectivity index (χ3v) is 1.60. The van der Waals surface area contributed by atoms with Gasteiger partial charge in [-0.2, -0.15) is 0 Å². The second kappa shape index (κ2) is 7.58. The third-order valence-electron chi connectivity index (χ3n) is 1.60. The summed E-state index contributed by atoms with van der Waals surface area (Å²) >= 11 is 0. The Bertz CT molecular complexity index is 102. The van der Waals surface area contributed by atoms with Crippen LogP contribution in [-0.4, -0.2) is 12.5 Å². The summed E-state index contributed by atoms with van der Waals surface area (Å²) in [4.78, 5) is 10.7. The zero-order valence-corrected chi connectivity index (χ0v) is 7.60. The van der Waals surface area contributed by atoms with E-state index in [4.69, 9.17) is 0 Å². The van der Waals surface area contributed by atoms with Crippen LogP contribution in [0.3, 0.4) is 0 Å². The molecule has 0 aliphatic rings. The smallest absolute Gasteiger partial charge is 0.240 e. The maximum absolute atomic E-state index is 10.7. The van der Waals surface area contributed by atoms with Crippen LogP contribution in [-0.2, 0) is 4.79 Å². The van der Waals surface area contributed by atoms with Gasteiger partial charge in [-0.15, -0.1) is 0 Å². The van der Waals surface area contributed by atoms with Gasteiger partial charge in [-0.25, -0.2) is 0 Å². The molecular formula is C9H18NO. The number of rotatable bonds is 6. The first-order valence-electron chi connectivity index (χ1n) is 4.51. The summed E-state index contributed by atoms with van der Waals surface area (Å²) < 4.78 is 0. The van der Waals surface area contributed by atoms with Gasteiger partial charge in [-0.3, -0.25) is 10.1 Å². The van der Waals surface area contributed by atoms with E-state index in [2.05, 4.69) is 12.2 Å². The van der Waals surface area contributed by atoms with Crippen molar-refractivity contribution in [1.29, 1.82) is 0 Å². The molecule has 0 N–H and O–H groups in total. The largest absolute Gasteiger partial charge is 0.273 e. The van der Waals surface area contributed by atoms with Crippen molar-refractivity contribution in [3.63, 3.8) is 0 Å². The van der Waals surface area contributed by atoms with E-state index < -0.39 is 0 Å². The maximum atomic E-state index is 10.7. The summed E-state index contributed by atoms with van der Waals surface area (Å²) in [6.07, 6.45) is 5.32. The fourth-order valence-corrected chi connectivity index (χ4v) is 0.854. The highest BCUT2D eigenvalue weighted by atomic mass is 16.1. The molecule has 65 valence electrons.